The highest BCUT2D eigenvalue weighted by Crippen LogP contribution is 2.39. The van der Waals surface area contributed by atoms with E-state index < -0.39 is 24.2 Å². The van der Waals surface area contributed by atoms with Crippen molar-refractivity contribution in [3.8, 4) is 17.2 Å². The van der Waals surface area contributed by atoms with Crippen LogP contribution in [-0.2, 0) is 4.79 Å². The molecule has 2 aromatic rings. The first-order chi connectivity index (χ1) is 13.3. The van der Waals surface area contributed by atoms with Gasteiger partial charge in [-0.15, -0.1) is 0 Å². The Balaban J connectivity index is 2.32. The van der Waals surface area contributed by atoms with Gasteiger partial charge in [-0.3, -0.25) is 9.59 Å². The second-order valence-electron chi connectivity index (χ2n) is 5.29. The van der Waals surface area contributed by atoms with Gasteiger partial charge < -0.3 is 25.3 Å². The van der Waals surface area contributed by atoms with Gasteiger partial charge in [0.1, 0.15) is 0 Å². The topological polar surface area (TPSA) is 99.9 Å². The van der Waals surface area contributed by atoms with Crippen molar-refractivity contribution in [2.45, 2.75) is 10.7 Å². The quantitative estimate of drug-likeness (QED) is 0.614. The molecule has 3 N–H and O–H groups in total. The fourth-order valence-electron chi connectivity index (χ4n) is 2.26. The van der Waals surface area contributed by atoms with Crippen molar-refractivity contribution in [3.63, 3.8) is 0 Å². The average molecular weight is 412 g/mol. The lowest BCUT2D eigenvalue weighted by atomic mass is 10.1. The zero-order chi connectivity index (χ0) is 20.7. The molecule has 0 aliphatic rings. The van der Waals surface area contributed by atoms with Gasteiger partial charge in [0.15, 0.2) is 18.1 Å². The summed E-state index contributed by atoms with van der Waals surface area (Å²) in [6, 6.07) is 8.95. The number of para-hydroxylation sites is 1. The Hall–Kier alpha value is -3.01. The SMILES string of the molecule is COc1cc(C(=O)Nc2ccccc2SC(F)F)cc(OC)c1OCC(N)=O. The van der Waals surface area contributed by atoms with E-state index >= 15 is 0 Å². The number of hydrogen-bond acceptors (Lipinski definition) is 6. The molecule has 0 aromatic heterocycles. The van der Waals surface area contributed by atoms with E-state index in [4.69, 9.17) is 19.9 Å². The molecule has 7 nitrogen and oxygen atoms in total. The Labute approximate surface area is 164 Å². The third-order valence-electron chi connectivity index (χ3n) is 3.43. The van der Waals surface area contributed by atoms with Gasteiger partial charge in [0, 0.05) is 10.5 Å². The minimum absolute atomic E-state index is 0.106. The van der Waals surface area contributed by atoms with E-state index in [-0.39, 0.29) is 33.4 Å². The van der Waals surface area contributed by atoms with E-state index in [2.05, 4.69) is 5.32 Å². The zero-order valence-electron chi connectivity index (χ0n) is 15.0. The highest BCUT2D eigenvalue weighted by Gasteiger charge is 2.19. The molecule has 2 amide bonds. The van der Waals surface area contributed by atoms with E-state index in [1.807, 2.05) is 0 Å². The number of carbonyl (C=O) groups excluding carboxylic acids is 2. The first kappa shape index (κ1) is 21.3. The minimum atomic E-state index is -2.63. The molecule has 0 aliphatic carbocycles. The molecule has 0 unspecified atom stereocenters. The molecule has 150 valence electrons. The van der Waals surface area contributed by atoms with E-state index in [0.29, 0.717) is 11.8 Å². The van der Waals surface area contributed by atoms with Crippen LogP contribution < -0.4 is 25.3 Å². The normalized spacial score (nSPS) is 10.5. The molecule has 2 rings (SSSR count). The molecule has 0 spiro atoms. The number of primary amides is 1. The first-order valence-electron chi connectivity index (χ1n) is 7.88. The third kappa shape index (κ3) is 5.49. The Kier molecular flexibility index (Phi) is 7.44. The van der Waals surface area contributed by atoms with Crippen molar-refractivity contribution in [2.24, 2.45) is 5.73 Å². The molecule has 0 saturated carbocycles. The van der Waals surface area contributed by atoms with Crippen LogP contribution in [0.25, 0.3) is 0 Å². The predicted octanol–water partition coefficient (Wildman–Crippen LogP) is 3.13. The molecule has 0 radical (unpaired) electrons. The number of amides is 2. The number of halogens is 2. The van der Waals surface area contributed by atoms with Crippen LogP contribution in [0.15, 0.2) is 41.3 Å². The number of rotatable bonds is 9. The van der Waals surface area contributed by atoms with Gasteiger partial charge >= 0.3 is 0 Å². The standard InChI is InChI=1S/C18H18F2N2O5S/c1-25-12-7-10(8-13(26-2)16(12)27-9-15(21)23)17(24)22-11-5-3-4-6-14(11)28-18(19)20/h3-8,18H,9H2,1-2H3,(H2,21,23)(H,22,24). The fraction of sp³-hybridized carbons (Fsp3) is 0.222. The van der Waals surface area contributed by atoms with Crippen molar-refractivity contribution >= 4 is 29.3 Å². The number of ether oxygens (including phenoxy) is 3. The predicted molar refractivity (Wildman–Crippen MR) is 100 cm³/mol. The van der Waals surface area contributed by atoms with Gasteiger partial charge in [-0.2, -0.15) is 8.78 Å². The largest absolute Gasteiger partial charge is 0.493 e. The number of nitrogens with one attached hydrogen (secondary N) is 1. The molecule has 2 aromatic carbocycles. The summed E-state index contributed by atoms with van der Waals surface area (Å²) in [5.41, 5.74) is 5.45. The first-order valence-corrected chi connectivity index (χ1v) is 8.76. The maximum Gasteiger partial charge on any atom is 0.288 e. The molecule has 0 atom stereocenters. The van der Waals surface area contributed by atoms with E-state index in [9.17, 15) is 18.4 Å². The van der Waals surface area contributed by atoms with Gasteiger partial charge in [-0.05, 0) is 24.3 Å². The minimum Gasteiger partial charge on any atom is -0.493 e. The summed E-state index contributed by atoms with van der Waals surface area (Å²) in [4.78, 5) is 23.8. The van der Waals surface area contributed by atoms with Crippen molar-refractivity contribution in [1.82, 2.24) is 0 Å². The Bertz CT molecular complexity index is 839. The van der Waals surface area contributed by atoms with Crippen LogP contribution in [0.3, 0.4) is 0 Å². The Morgan fingerprint density at radius 1 is 1.14 bits per heavy atom. The summed E-state index contributed by atoms with van der Waals surface area (Å²) in [6.07, 6.45) is 0. The van der Waals surface area contributed by atoms with Crippen molar-refractivity contribution in [2.75, 3.05) is 26.1 Å². The van der Waals surface area contributed by atoms with Gasteiger partial charge in [0.2, 0.25) is 5.75 Å². The number of thioether (sulfide) groups is 1. The van der Waals surface area contributed by atoms with Gasteiger partial charge in [0.25, 0.3) is 17.6 Å². The lowest BCUT2D eigenvalue weighted by Crippen LogP contribution is -2.20. The fourth-order valence-corrected chi connectivity index (χ4v) is 2.85. The Morgan fingerprint density at radius 3 is 2.29 bits per heavy atom. The summed E-state index contributed by atoms with van der Waals surface area (Å²) >= 11 is 0.328. The number of alkyl halides is 2. The second kappa shape index (κ2) is 9.79. The van der Waals surface area contributed by atoms with Crippen LogP contribution in [0.5, 0.6) is 17.2 Å². The highest BCUT2D eigenvalue weighted by atomic mass is 32.2. The number of nitrogens with two attached hydrogens (primary N) is 1. The number of benzene rings is 2. The second-order valence-corrected chi connectivity index (χ2v) is 6.33. The Morgan fingerprint density at radius 2 is 1.75 bits per heavy atom. The zero-order valence-corrected chi connectivity index (χ0v) is 15.8. The van der Waals surface area contributed by atoms with E-state index in [1.54, 1.807) is 12.1 Å². The molecule has 0 bridgehead atoms. The number of anilines is 1. The summed E-state index contributed by atoms with van der Waals surface area (Å²) < 4.78 is 41.1. The van der Waals surface area contributed by atoms with Crippen molar-refractivity contribution in [1.29, 1.82) is 0 Å². The monoisotopic (exact) mass is 412 g/mol. The molecule has 0 saturated heterocycles. The van der Waals surface area contributed by atoms with Crippen LogP contribution in [0, 0.1) is 0 Å². The molecule has 0 heterocycles. The van der Waals surface area contributed by atoms with Crippen LogP contribution in [0.4, 0.5) is 14.5 Å². The average Bonchev–Trinajstić information content (AvgIpc) is 2.66. The smallest absolute Gasteiger partial charge is 0.288 e. The lowest BCUT2D eigenvalue weighted by molar-refractivity contribution is -0.120. The summed E-state index contributed by atoms with van der Waals surface area (Å²) in [7, 11) is 2.70. The van der Waals surface area contributed by atoms with Crippen molar-refractivity contribution in [3.05, 3.63) is 42.0 Å². The van der Waals surface area contributed by atoms with Gasteiger partial charge in [-0.1, -0.05) is 23.9 Å². The molecular weight excluding hydrogens is 394 g/mol. The van der Waals surface area contributed by atoms with E-state index in [1.165, 1.54) is 38.5 Å². The molecule has 0 fully saturated rings. The van der Waals surface area contributed by atoms with Crippen LogP contribution in [0.1, 0.15) is 10.4 Å². The van der Waals surface area contributed by atoms with Crippen LogP contribution in [0.2, 0.25) is 0 Å². The molecule has 0 aliphatic heterocycles. The molecular formula is C18H18F2N2O5S. The van der Waals surface area contributed by atoms with Gasteiger partial charge in [0.05, 0.1) is 19.9 Å². The maximum absolute atomic E-state index is 12.7. The summed E-state index contributed by atoms with van der Waals surface area (Å²) in [5, 5.41) is 2.59. The lowest BCUT2D eigenvalue weighted by Gasteiger charge is -2.16. The van der Waals surface area contributed by atoms with Crippen molar-refractivity contribution < 1.29 is 32.6 Å². The van der Waals surface area contributed by atoms with E-state index in [0.717, 1.165) is 0 Å². The number of carbonyl (C=O) groups is 2. The molecule has 28 heavy (non-hydrogen) atoms. The number of hydrogen-bond donors (Lipinski definition) is 2. The summed E-state index contributed by atoms with van der Waals surface area (Å²) in [5.74, 6) is -3.50. The van der Waals surface area contributed by atoms with Gasteiger partial charge in [-0.25, -0.2) is 0 Å². The van der Waals surface area contributed by atoms with Crippen LogP contribution >= 0.6 is 11.8 Å². The third-order valence-corrected chi connectivity index (χ3v) is 4.22. The summed E-state index contributed by atoms with van der Waals surface area (Å²) in [6.45, 7) is -0.406. The maximum atomic E-state index is 12.7. The molecule has 10 heteroatoms. The number of methoxy groups -OCH3 is 2. The van der Waals surface area contributed by atoms with Crippen LogP contribution in [-0.4, -0.2) is 38.4 Å². The highest BCUT2D eigenvalue weighted by molar-refractivity contribution is 7.99.